The Labute approximate surface area is 115 Å². The second-order valence-corrected chi connectivity index (χ2v) is 4.82. The van der Waals surface area contributed by atoms with Crippen molar-refractivity contribution in [3.63, 3.8) is 0 Å². The maximum absolute atomic E-state index is 11.6. The summed E-state index contributed by atoms with van der Waals surface area (Å²) in [5, 5.41) is 4.85. The maximum Gasteiger partial charge on any atom is 0.412 e. The molecule has 1 N–H and O–H groups in total. The standard InChI is InChI=1S/C14H13NO3S/c1-10(16)12-7-8-19-13(12)15-14(17)18-9-11-5-3-2-4-6-11/h2-8H,9H2,1H3,(H,15,17). The van der Waals surface area contributed by atoms with Gasteiger partial charge < -0.3 is 4.74 Å². The average molecular weight is 275 g/mol. The first kappa shape index (κ1) is 13.3. The predicted molar refractivity (Wildman–Crippen MR) is 74.6 cm³/mol. The van der Waals surface area contributed by atoms with Gasteiger partial charge in [-0.05, 0) is 23.9 Å². The monoisotopic (exact) mass is 275 g/mol. The maximum atomic E-state index is 11.6. The van der Waals surface area contributed by atoms with E-state index in [2.05, 4.69) is 5.32 Å². The fraction of sp³-hybridized carbons (Fsp3) is 0.143. The summed E-state index contributed by atoms with van der Waals surface area (Å²) in [7, 11) is 0. The molecule has 1 amide bonds. The Morgan fingerprint density at radius 3 is 2.63 bits per heavy atom. The van der Waals surface area contributed by atoms with Crippen LogP contribution in [0.3, 0.4) is 0 Å². The van der Waals surface area contributed by atoms with E-state index in [4.69, 9.17) is 4.74 Å². The molecule has 0 saturated heterocycles. The number of Topliss-reactive ketones (excluding diaryl/α,β-unsaturated/α-hetero) is 1. The van der Waals surface area contributed by atoms with Gasteiger partial charge in [-0.25, -0.2) is 4.79 Å². The number of ether oxygens (including phenoxy) is 1. The van der Waals surface area contributed by atoms with Crippen LogP contribution >= 0.6 is 11.3 Å². The van der Waals surface area contributed by atoms with Crippen molar-refractivity contribution in [3.8, 4) is 0 Å². The van der Waals surface area contributed by atoms with E-state index < -0.39 is 6.09 Å². The number of anilines is 1. The summed E-state index contributed by atoms with van der Waals surface area (Å²) in [6.07, 6.45) is -0.561. The van der Waals surface area contributed by atoms with E-state index in [1.54, 1.807) is 11.4 Å². The molecule has 0 radical (unpaired) electrons. The molecule has 4 nitrogen and oxygen atoms in total. The number of nitrogens with one attached hydrogen (secondary N) is 1. The highest BCUT2D eigenvalue weighted by molar-refractivity contribution is 7.14. The summed E-state index contributed by atoms with van der Waals surface area (Å²) < 4.78 is 5.08. The van der Waals surface area contributed by atoms with Crippen molar-refractivity contribution in [2.75, 3.05) is 5.32 Å². The molecule has 19 heavy (non-hydrogen) atoms. The lowest BCUT2D eigenvalue weighted by atomic mass is 10.2. The molecule has 2 rings (SSSR count). The smallest absolute Gasteiger partial charge is 0.412 e. The van der Waals surface area contributed by atoms with E-state index in [9.17, 15) is 9.59 Å². The molecule has 0 atom stereocenters. The first-order valence-electron chi connectivity index (χ1n) is 5.73. The molecule has 0 unspecified atom stereocenters. The van der Waals surface area contributed by atoms with Gasteiger partial charge in [-0.3, -0.25) is 10.1 Å². The fourth-order valence-corrected chi connectivity index (χ4v) is 2.36. The van der Waals surface area contributed by atoms with E-state index in [-0.39, 0.29) is 12.4 Å². The first-order chi connectivity index (χ1) is 9.16. The van der Waals surface area contributed by atoms with E-state index in [1.165, 1.54) is 18.3 Å². The van der Waals surface area contributed by atoms with Gasteiger partial charge in [0.25, 0.3) is 0 Å². The van der Waals surface area contributed by atoms with Crippen LogP contribution in [-0.4, -0.2) is 11.9 Å². The number of hydrogen-bond donors (Lipinski definition) is 1. The zero-order chi connectivity index (χ0) is 13.7. The molecule has 1 heterocycles. The van der Waals surface area contributed by atoms with Crippen LogP contribution in [0.25, 0.3) is 0 Å². The molecule has 98 valence electrons. The van der Waals surface area contributed by atoms with E-state index in [0.29, 0.717) is 10.6 Å². The quantitative estimate of drug-likeness (QED) is 0.866. The Morgan fingerprint density at radius 1 is 1.21 bits per heavy atom. The van der Waals surface area contributed by atoms with Gasteiger partial charge in [0.05, 0.1) is 5.56 Å². The lowest BCUT2D eigenvalue weighted by Gasteiger charge is -2.06. The zero-order valence-corrected chi connectivity index (χ0v) is 11.2. The second-order valence-electron chi connectivity index (χ2n) is 3.91. The number of ketones is 1. The van der Waals surface area contributed by atoms with Crippen LogP contribution in [0.15, 0.2) is 41.8 Å². The van der Waals surface area contributed by atoms with Gasteiger partial charge in [-0.2, -0.15) is 0 Å². The van der Waals surface area contributed by atoms with Gasteiger partial charge in [-0.15, -0.1) is 11.3 Å². The molecular formula is C14H13NO3S. The van der Waals surface area contributed by atoms with Gasteiger partial charge >= 0.3 is 6.09 Å². The summed E-state index contributed by atoms with van der Waals surface area (Å²) in [5.41, 5.74) is 1.41. The van der Waals surface area contributed by atoms with Crippen molar-refractivity contribution in [3.05, 3.63) is 52.9 Å². The Bertz CT molecular complexity index is 577. The summed E-state index contributed by atoms with van der Waals surface area (Å²) >= 11 is 1.30. The van der Waals surface area contributed by atoms with Gasteiger partial charge in [0.1, 0.15) is 11.6 Å². The SMILES string of the molecule is CC(=O)c1ccsc1NC(=O)OCc1ccccc1. The lowest BCUT2D eigenvalue weighted by Crippen LogP contribution is -2.14. The highest BCUT2D eigenvalue weighted by Crippen LogP contribution is 2.23. The number of rotatable bonds is 4. The Balaban J connectivity index is 1.91. The van der Waals surface area contributed by atoms with Crippen LogP contribution in [0, 0.1) is 0 Å². The number of amides is 1. The first-order valence-corrected chi connectivity index (χ1v) is 6.61. The third kappa shape index (κ3) is 3.66. The Morgan fingerprint density at radius 2 is 1.95 bits per heavy atom. The fourth-order valence-electron chi connectivity index (χ4n) is 1.54. The second kappa shape index (κ2) is 6.15. The summed E-state index contributed by atoms with van der Waals surface area (Å²) in [6, 6.07) is 11.1. The van der Waals surface area contributed by atoms with Crippen molar-refractivity contribution in [2.45, 2.75) is 13.5 Å². The Hall–Kier alpha value is -2.14. The van der Waals surface area contributed by atoms with Crippen molar-refractivity contribution in [1.82, 2.24) is 0 Å². The Kier molecular flexibility index (Phi) is 4.30. The van der Waals surface area contributed by atoms with Crippen molar-refractivity contribution < 1.29 is 14.3 Å². The summed E-state index contributed by atoms with van der Waals surface area (Å²) in [4.78, 5) is 22.9. The minimum atomic E-state index is -0.561. The molecule has 0 fully saturated rings. The molecule has 5 heteroatoms. The molecule has 0 aliphatic rings. The summed E-state index contributed by atoms with van der Waals surface area (Å²) in [6.45, 7) is 1.66. The van der Waals surface area contributed by atoms with Gasteiger partial charge in [0.2, 0.25) is 0 Å². The minimum absolute atomic E-state index is 0.0837. The van der Waals surface area contributed by atoms with Crippen LogP contribution < -0.4 is 5.32 Å². The van der Waals surface area contributed by atoms with Crippen LogP contribution in [0.2, 0.25) is 0 Å². The van der Waals surface area contributed by atoms with E-state index in [1.807, 2.05) is 30.3 Å². The van der Waals surface area contributed by atoms with Gasteiger partial charge in [0, 0.05) is 0 Å². The molecule has 0 saturated carbocycles. The van der Waals surface area contributed by atoms with Crippen molar-refractivity contribution >= 4 is 28.2 Å². The number of hydrogen-bond acceptors (Lipinski definition) is 4. The van der Waals surface area contributed by atoms with Crippen molar-refractivity contribution in [2.24, 2.45) is 0 Å². The molecule has 1 aromatic carbocycles. The highest BCUT2D eigenvalue weighted by Gasteiger charge is 2.12. The van der Waals surface area contributed by atoms with E-state index >= 15 is 0 Å². The third-order valence-electron chi connectivity index (χ3n) is 2.47. The molecule has 2 aromatic rings. The molecule has 0 aliphatic heterocycles. The third-order valence-corrected chi connectivity index (χ3v) is 3.30. The number of thiophene rings is 1. The van der Waals surface area contributed by atoms with Crippen LogP contribution in [-0.2, 0) is 11.3 Å². The zero-order valence-electron chi connectivity index (χ0n) is 10.4. The predicted octanol–water partition coefficient (Wildman–Crippen LogP) is 3.70. The largest absolute Gasteiger partial charge is 0.444 e. The number of carbonyl (C=O) groups is 2. The normalized spacial score (nSPS) is 9.95. The minimum Gasteiger partial charge on any atom is -0.444 e. The molecule has 0 aliphatic carbocycles. The number of carbonyl (C=O) groups excluding carboxylic acids is 2. The summed E-state index contributed by atoms with van der Waals surface area (Å²) in [5.74, 6) is -0.0837. The lowest BCUT2D eigenvalue weighted by molar-refractivity contribution is 0.101. The number of benzene rings is 1. The molecule has 0 bridgehead atoms. The topological polar surface area (TPSA) is 55.4 Å². The van der Waals surface area contributed by atoms with Gasteiger partial charge in [0.15, 0.2) is 5.78 Å². The van der Waals surface area contributed by atoms with Crippen molar-refractivity contribution in [1.29, 1.82) is 0 Å². The van der Waals surface area contributed by atoms with Crippen LogP contribution in [0.1, 0.15) is 22.8 Å². The molecule has 0 spiro atoms. The van der Waals surface area contributed by atoms with Crippen LogP contribution in [0.4, 0.5) is 9.80 Å². The van der Waals surface area contributed by atoms with Crippen LogP contribution in [0.5, 0.6) is 0 Å². The average Bonchev–Trinajstić information content (AvgIpc) is 2.86. The highest BCUT2D eigenvalue weighted by atomic mass is 32.1. The van der Waals surface area contributed by atoms with Gasteiger partial charge in [-0.1, -0.05) is 30.3 Å². The molecular weight excluding hydrogens is 262 g/mol. The van der Waals surface area contributed by atoms with E-state index in [0.717, 1.165) is 5.56 Å². The molecule has 1 aromatic heterocycles.